The maximum Gasteiger partial charge on any atom is 0.237 e. The Hall–Kier alpha value is -1.10. The van der Waals surface area contributed by atoms with Gasteiger partial charge in [-0.1, -0.05) is 30.3 Å². The highest BCUT2D eigenvalue weighted by Gasteiger charge is 2.21. The number of carbonyl (C=O) groups is 1. The molecule has 0 atom stereocenters. The summed E-state index contributed by atoms with van der Waals surface area (Å²) in [6.45, 7) is 6.15. The second-order valence-corrected chi connectivity index (χ2v) is 5.79. The minimum Gasteiger partial charge on any atom is -0.338 e. The molecule has 22 heavy (non-hydrogen) atoms. The lowest BCUT2D eigenvalue weighted by Gasteiger charge is -2.32. The number of nitrogens with zero attached hydrogens (tertiary/aromatic N) is 2. The van der Waals surface area contributed by atoms with Crippen LogP contribution >= 0.6 is 12.4 Å². The molecule has 5 heteroatoms. The molecule has 0 spiro atoms. The highest BCUT2D eigenvalue weighted by atomic mass is 35.5. The van der Waals surface area contributed by atoms with Crippen molar-refractivity contribution in [2.24, 2.45) is 0 Å². The number of amides is 1. The van der Waals surface area contributed by atoms with Crippen LogP contribution in [0.5, 0.6) is 0 Å². The van der Waals surface area contributed by atoms with Gasteiger partial charge in [0.2, 0.25) is 5.91 Å². The standard InChI is InChI=1S/C17H27N3O.ClH/c1-3-20(13-15-7-5-4-6-8-15)17(21)14-19(2)16-9-11-18-12-10-16;/h4-8,16,18H,3,9-14H2,1-2H3;1H. The van der Waals surface area contributed by atoms with Gasteiger partial charge in [0.05, 0.1) is 6.54 Å². The van der Waals surface area contributed by atoms with Crippen LogP contribution in [0.4, 0.5) is 0 Å². The molecule has 1 amide bonds. The van der Waals surface area contributed by atoms with Crippen LogP contribution in [-0.4, -0.2) is 55.0 Å². The first-order chi connectivity index (χ1) is 10.2. The molecule has 1 saturated heterocycles. The normalized spacial score (nSPS) is 15.4. The zero-order valence-electron chi connectivity index (χ0n) is 13.6. The first-order valence-corrected chi connectivity index (χ1v) is 7.93. The molecule has 1 fully saturated rings. The van der Waals surface area contributed by atoms with E-state index in [0.717, 1.165) is 32.5 Å². The van der Waals surface area contributed by atoms with Crippen molar-refractivity contribution in [3.8, 4) is 0 Å². The quantitative estimate of drug-likeness (QED) is 0.870. The van der Waals surface area contributed by atoms with E-state index in [1.165, 1.54) is 5.56 Å². The minimum atomic E-state index is 0. The van der Waals surface area contributed by atoms with Crippen LogP contribution in [0.25, 0.3) is 0 Å². The predicted molar refractivity (Wildman–Crippen MR) is 93.3 cm³/mol. The second-order valence-electron chi connectivity index (χ2n) is 5.79. The number of piperidine rings is 1. The van der Waals surface area contributed by atoms with Gasteiger partial charge in [-0.3, -0.25) is 9.69 Å². The minimum absolute atomic E-state index is 0. The van der Waals surface area contributed by atoms with Gasteiger partial charge in [-0.15, -0.1) is 12.4 Å². The second kappa shape index (κ2) is 9.82. The van der Waals surface area contributed by atoms with Crippen molar-refractivity contribution in [2.45, 2.75) is 32.4 Å². The van der Waals surface area contributed by atoms with Crippen LogP contribution in [0.15, 0.2) is 30.3 Å². The van der Waals surface area contributed by atoms with Gasteiger partial charge in [-0.05, 0) is 45.5 Å². The zero-order valence-corrected chi connectivity index (χ0v) is 14.4. The van der Waals surface area contributed by atoms with Gasteiger partial charge in [0.15, 0.2) is 0 Å². The molecule has 0 aromatic heterocycles. The van der Waals surface area contributed by atoms with Crippen LogP contribution in [0.1, 0.15) is 25.3 Å². The fourth-order valence-corrected chi connectivity index (χ4v) is 2.87. The molecule has 1 aliphatic heterocycles. The Labute approximate surface area is 140 Å². The van der Waals surface area contributed by atoms with Crippen LogP contribution in [0.2, 0.25) is 0 Å². The third-order valence-corrected chi connectivity index (χ3v) is 4.27. The molecule has 1 aliphatic rings. The molecule has 124 valence electrons. The topological polar surface area (TPSA) is 35.6 Å². The monoisotopic (exact) mass is 325 g/mol. The molecule has 4 nitrogen and oxygen atoms in total. The average Bonchev–Trinajstić information content (AvgIpc) is 2.54. The lowest BCUT2D eigenvalue weighted by atomic mass is 10.1. The van der Waals surface area contributed by atoms with Gasteiger partial charge in [0.25, 0.3) is 0 Å². The predicted octanol–water partition coefficient (Wildman–Crippen LogP) is 2.14. The Morgan fingerprint density at radius 3 is 2.45 bits per heavy atom. The van der Waals surface area contributed by atoms with Crippen molar-refractivity contribution in [2.75, 3.05) is 33.2 Å². The van der Waals surface area contributed by atoms with Crippen LogP contribution < -0.4 is 5.32 Å². The molecule has 1 aromatic carbocycles. The summed E-state index contributed by atoms with van der Waals surface area (Å²) < 4.78 is 0. The fourth-order valence-electron chi connectivity index (χ4n) is 2.87. The molecule has 0 radical (unpaired) electrons. The Morgan fingerprint density at radius 1 is 1.23 bits per heavy atom. The van der Waals surface area contributed by atoms with E-state index < -0.39 is 0 Å². The van der Waals surface area contributed by atoms with E-state index in [1.807, 2.05) is 30.0 Å². The fraction of sp³-hybridized carbons (Fsp3) is 0.588. The van der Waals surface area contributed by atoms with Gasteiger partial charge in [0.1, 0.15) is 0 Å². The summed E-state index contributed by atoms with van der Waals surface area (Å²) in [6.07, 6.45) is 2.27. The average molecular weight is 326 g/mol. The summed E-state index contributed by atoms with van der Waals surface area (Å²) in [5.41, 5.74) is 1.19. The summed E-state index contributed by atoms with van der Waals surface area (Å²) in [5, 5.41) is 3.37. The van der Waals surface area contributed by atoms with Gasteiger partial charge < -0.3 is 10.2 Å². The van der Waals surface area contributed by atoms with Crippen molar-refractivity contribution in [3.05, 3.63) is 35.9 Å². The van der Waals surface area contributed by atoms with Gasteiger partial charge >= 0.3 is 0 Å². The van der Waals surface area contributed by atoms with Crippen molar-refractivity contribution in [1.29, 1.82) is 0 Å². The van der Waals surface area contributed by atoms with E-state index in [2.05, 4.69) is 29.4 Å². The molecule has 1 aromatic rings. The van der Waals surface area contributed by atoms with E-state index in [4.69, 9.17) is 0 Å². The third kappa shape index (κ3) is 5.59. The van der Waals surface area contributed by atoms with E-state index in [0.29, 0.717) is 19.1 Å². The van der Waals surface area contributed by atoms with Gasteiger partial charge in [-0.25, -0.2) is 0 Å². The first-order valence-electron chi connectivity index (χ1n) is 7.93. The summed E-state index contributed by atoms with van der Waals surface area (Å²) in [7, 11) is 2.07. The molecule has 1 heterocycles. The van der Waals surface area contributed by atoms with Gasteiger partial charge in [-0.2, -0.15) is 0 Å². The molecule has 0 saturated carbocycles. The molecule has 0 aliphatic carbocycles. The molecule has 1 N–H and O–H groups in total. The van der Waals surface area contributed by atoms with Crippen LogP contribution in [0, 0.1) is 0 Å². The van der Waals surface area contributed by atoms with E-state index in [1.54, 1.807) is 0 Å². The number of benzene rings is 1. The summed E-state index contributed by atoms with van der Waals surface area (Å²) >= 11 is 0. The van der Waals surface area contributed by atoms with E-state index in [-0.39, 0.29) is 18.3 Å². The molecular formula is C17H28ClN3O. The molecule has 2 rings (SSSR count). The Balaban J connectivity index is 0.00000242. The number of nitrogens with one attached hydrogen (secondary N) is 1. The zero-order chi connectivity index (χ0) is 15.1. The van der Waals surface area contributed by atoms with Crippen molar-refractivity contribution < 1.29 is 4.79 Å². The van der Waals surface area contributed by atoms with E-state index >= 15 is 0 Å². The van der Waals surface area contributed by atoms with Crippen molar-refractivity contribution in [1.82, 2.24) is 15.1 Å². The van der Waals surface area contributed by atoms with Crippen molar-refractivity contribution in [3.63, 3.8) is 0 Å². The maximum atomic E-state index is 12.5. The first kappa shape index (κ1) is 18.9. The lowest BCUT2D eigenvalue weighted by molar-refractivity contribution is -0.133. The number of likely N-dealkylation sites (N-methyl/N-ethyl adjacent to an activating group) is 2. The summed E-state index contributed by atoms with van der Waals surface area (Å²) in [4.78, 5) is 16.7. The largest absolute Gasteiger partial charge is 0.338 e. The number of halogens is 1. The SMILES string of the molecule is CCN(Cc1ccccc1)C(=O)CN(C)C1CCNCC1.Cl. The number of carbonyl (C=O) groups excluding carboxylic acids is 1. The highest BCUT2D eigenvalue weighted by Crippen LogP contribution is 2.11. The Bertz CT molecular complexity index is 435. The summed E-state index contributed by atoms with van der Waals surface area (Å²) in [6, 6.07) is 10.7. The van der Waals surface area contributed by atoms with Gasteiger partial charge in [0, 0.05) is 19.1 Å². The molecular weight excluding hydrogens is 298 g/mol. The van der Waals surface area contributed by atoms with Crippen molar-refractivity contribution >= 4 is 18.3 Å². The third-order valence-electron chi connectivity index (χ3n) is 4.27. The number of rotatable bonds is 6. The number of hydrogen-bond acceptors (Lipinski definition) is 3. The smallest absolute Gasteiger partial charge is 0.237 e. The highest BCUT2D eigenvalue weighted by molar-refractivity contribution is 5.85. The Kier molecular flexibility index (Phi) is 8.46. The van der Waals surface area contributed by atoms with E-state index in [9.17, 15) is 4.79 Å². The van der Waals surface area contributed by atoms with Crippen LogP contribution in [-0.2, 0) is 11.3 Å². The molecule has 0 bridgehead atoms. The lowest BCUT2D eigenvalue weighted by Crippen LogP contribution is -2.46. The molecule has 0 unspecified atom stereocenters. The summed E-state index contributed by atoms with van der Waals surface area (Å²) in [5.74, 6) is 0.224. The van der Waals surface area contributed by atoms with Crippen LogP contribution in [0.3, 0.4) is 0 Å². The number of hydrogen-bond donors (Lipinski definition) is 1. The maximum absolute atomic E-state index is 12.5. The Morgan fingerprint density at radius 2 is 1.86 bits per heavy atom.